The van der Waals surface area contributed by atoms with Gasteiger partial charge < -0.3 is 10.1 Å². The molecule has 0 radical (unpaired) electrons. The zero-order valence-electron chi connectivity index (χ0n) is 7.60. The van der Waals surface area contributed by atoms with Gasteiger partial charge in [-0.25, -0.2) is 0 Å². The van der Waals surface area contributed by atoms with E-state index in [1.54, 1.807) is 0 Å². The van der Waals surface area contributed by atoms with Gasteiger partial charge in [-0.3, -0.25) is 4.90 Å². The number of halogens is 2. The summed E-state index contributed by atoms with van der Waals surface area (Å²) >= 11 is 0. The summed E-state index contributed by atoms with van der Waals surface area (Å²) in [5.74, 6) is 0. The van der Waals surface area contributed by atoms with Crippen LogP contribution in [0.2, 0.25) is 0 Å². The summed E-state index contributed by atoms with van der Waals surface area (Å²) in [5, 5.41) is 3.36. The van der Waals surface area contributed by atoms with Gasteiger partial charge in [0.25, 0.3) is 0 Å². The second-order valence-corrected chi connectivity index (χ2v) is 3.80. The average Bonchev–Trinajstić information content (AvgIpc) is 2.55. The lowest BCUT2D eigenvalue weighted by atomic mass is 10.1. The summed E-state index contributed by atoms with van der Waals surface area (Å²) in [6.07, 6.45) is 2.28. The Morgan fingerprint density at radius 2 is 2.08 bits per heavy atom. The van der Waals surface area contributed by atoms with Crippen molar-refractivity contribution >= 4 is 24.8 Å². The van der Waals surface area contributed by atoms with E-state index in [0.29, 0.717) is 24.3 Å². The van der Waals surface area contributed by atoms with Crippen molar-refractivity contribution in [1.82, 2.24) is 10.2 Å². The van der Waals surface area contributed by atoms with Crippen molar-refractivity contribution < 1.29 is 4.74 Å². The van der Waals surface area contributed by atoms with Crippen LogP contribution in [0, 0.1) is 0 Å². The van der Waals surface area contributed by atoms with Gasteiger partial charge in [-0.1, -0.05) is 0 Å². The maximum Gasteiger partial charge on any atom is 0.0875 e. The zero-order chi connectivity index (χ0) is 7.42. The molecule has 13 heavy (non-hydrogen) atoms. The van der Waals surface area contributed by atoms with Gasteiger partial charge in [0.15, 0.2) is 0 Å². The van der Waals surface area contributed by atoms with Crippen LogP contribution in [-0.2, 0) is 4.74 Å². The number of hydrogen-bond donors (Lipinski definition) is 1. The molecule has 0 aromatic heterocycles. The van der Waals surface area contributed by atoms with E-state index in [1.165, 1.54) is 13.0 Å². The Morgan fingerprint density at radius 3 is 2.62 bits per heavy atom. The van der Waals surface area contributed by atoms with Crippen molar-refractivity contribution in [3.05, 3.63) is 0 Å². The molecular weight excluding hydrogens is 211 g/mol. The summed E-state index contributed by atoms with van der Waals surface area (Å²) in [6.45, 7) is 2.41. The Balaban J connectivity index is 0.000000422. The quantitative estimate of drug-likeness (QED) is 0.696. The molecule has 3 fully saturated rings. The Bertz CT molecular complexity index is 179. The van der Waals surface area contributed by atoms with Crippen LogP contribution in [0.15, 0.2) is 0 Å². The van der Waals surface area contributed by atoms with Gasteiger partial charge in [0.05, 0.1) is 24.3 Å². The molecule has 0 amide bonds. The molecule has 78 valence electrons. The summed E-state index contributed by atoms with van der Waals surface area (Å²) in [4.78, 5) is 2.57. The number of rotatable bonds is 1. The third-order valence-electron chi connectivity index (χ3n) is 3.37. The van der Waals surface area contributed by atoms with Crippen LogP contribution in [0.4, 0.5) is 0 Å². The maximum atomic E-state index is 5.85. The number of hydrogen-bond acceptors (Lipinski definition) is 3. The summed E-state index contributed by atoms with van der Waals surface area (Å²) in [7, 11) is 2.05. The molecular formula is C8H16Cl2N2O. The van der Waals surface area contributed by atoms with Crippen LogP contribution in [0.5, 0.6) is 0 Å². The topological polar surface area (TPSA) is 24.5 Å². The highest BCUT2D eigenvalue weighted by Crippen LogP contribution is 2.39. The summed E-state index contributed by atoms with van der Waals surface area (Å²) in [6, 6.07) is 1.31. The van der Waals surface area contributed by atoms with Crippen LogP contribution < -0.4 is 5.32 Å². The lowest BCUT2D eigenvalue weighted by molar-refractivity contribution is 0.00833. The first kappa shape index (κ1) is 11.5. The maximum absolute atomic E-state index is 5.85. The van der Waals surface area contributed by atoms with E-state index >= 15 is 0 Å². The first-order chi connectivity index (χ1) is 5.40. The molecule has 0 spiro atoms. The SMILES string of the molecule is CN[C@@H]1C2CN3CCC(O2)[C@@H]13.Cl.Cl. The molecule has 3 nitrogen and oxygen atoms in total. The molecule has 0 aromatic carbocycles. The van der Waals surface area contributed by atoms with Crippen LogP contribution in [0.25, 0.3) is 0 Å². The highest BCUT2D eigenvalue weighted by Gasteiger charge is 2.56. The molecule has 1 N–H and O–H groups in total. The third kappa shape index (κ3) is 1.38. The molecule has 0 aromatic rings. The normalized spacial score (nSPS) is 45.9. The number of nitrogens with one attached hydrogen (secondary N) is 1. The van der Waals surface area contributed by atoms with Crippen molar-refractivity contribution in [2.24, 2.45) is 0 Å². The number of morpholine rings is 1. The minimum Gasteiger partial charge on any atom is -0.370 e. The molecule has 3 aliphatic heterocycles. The van der Waals surface area contributed by atoms with Crippen molar-refractivity contribution in [2.45, 2.75) is 30.7 Å². The average molecular weight is 227 g/mol. The zero-order valence-corrected chi connectivity index (χ0v) is 9.24. The van der Waals surface area contributed by atoms with E-state index in [-0.39, 0.29) is 24.8 Å². The highest BCUT2D eigenvalue weighted by molar-refractivity contribution is 5.85. The van der Waals surface area contributed by atoms with Gasteiger partial charge in [-0.2, -0.15) is 0 Å². The predicted molar refractivity (Wildman–Crippen MR) is 56.0 cm³/mol. The standard InChI is InChI=1S/C8H14N2O.2ClH/c1-9-7-6-4-10-3-2-5(11-6)8(7)10;;/h5-9H,2-4H2,1H3;2*1H/t5?,6?,7-,8+;;/m1../s1. The fourth-order valence-electron chi connectivity index (χ4n) is 2.94. The molecule has 3 rings (SSSR count). The van der Waals surface area contributed by atoms with Crippen LogP contribution in [-0.4, -0.2) is 49.3 Å². The smallest absolute Gasteiger partial charge is 0.0875 e. The molecule has 4 atom stereocenters. The number of nitrogens with zero attached hydrogens (tertiary/aromatic N) is 1. The third-order valence-corrected chi connectivity index (χ3v) is 3.37. The van der Waals surface area contributed by atoms with Crippen molar-refractivity contribution in [3.8, 4) is 0 Å². The molecule has 3 saturated heterocycles. The molecule has 3 aliphatic rings. The second kappa shape index (κ2) is 3.91. The van der Waals surface area contributed by atoms with Gasteiger partial charge in [0, 0.05) is 13.1 Å². The van der Waals surface area contributed by atoms with Gasteiger partial charge in [0.2, 0.25) is 0 Å². The lowest BCUT2D eigenvalue weighted by Crippen LogP contribution is -2.40. The highest BCUT2D eigenvalue weighted by atomic mass is 35.5. The van der Waals surface area contributed by atoms with Gasteiger partial charge >= 0.3 is 0 Å². The van der Waals surface area contributed by atoms with E-state index in [9.17, 15) is 0 Å². The van der Waals surface area contributed by atoms with Crippen molar-refractivity contribution in [1.29, 1.82) is 0 Å². The van der Waals surface area contributed by atoms with Gasteiger partial charge in [-0.05, 0) is 13.5 Å². The van der Waals surface area contributed by atoms with Gasteiger partial charge in [-0.15, -0.1) is 24.8 Å². The molecule has 0 aliphatic carbocycles. The van der Waals surface area contributed by atoms with E-state index < -0.39 is 0 Å². The van der Waals surface area contributed by atoms with E-state index in [1.807, 2.05) is 7.05 Å². The van der Waals surface area contributed by atoms with E-state index in [0.717, 1.165) is 6.54 Å². The van der Waals surface area contributed by atoms with Crippen LogP contribution in [0.1, 0.15) is 6.42 Å². The van der Waals surface area contributed by atoms with Crippen LogP contribution >= 0.6 is 24.8 Å². The Kier molecular flexibility index (Phi) is 3.47. The number of ether oxygens (including phenoxy) is 1. The first-order valence-corrected chi connectivity index (χ1v) is 4.47. The molecule has 2 bridgehead atoms. The lowest BCUT2D eigenvalue weighted by Gasteiger charge is -2.21. The number of fused-ring (bicyclic) bond motifs is 1. The molecule has 0 saturated carbocycles. The second-order valence-electron chi connectivity index (χ2n) is 3.80. The van der Waals surface area contributed by atoms with E-state index in [2.05, 4.69) is 10.2 Å². The fourth-order valence-corrected chi connectivity index (χ4v) is 2.94. The van der Waals surface area contributed by atoms with Crippen LogP contribution in [0.3, 0.4) is 0 Å². The Morgan fingerprint density at radius 1 is 1.31 bits per heavy atom. The van der Waals surface area contributed by atoms with Crippen molar-refractivity contribution in [3.63, 3.8) is 0 Å². The molecule has 3 heterocycles. The molecule has 5 heteroatoms. The predicted octanol–water partition coefficient (Wildman–Crippen LogP) is 0.273. The largest absolute Gasteiger partial charge is 0.370 e. The van der Waals surface area contributed by atoms with E-state index in [4.69, 9.17) is 4.74 Å². The summed E-state index contributed by atoms with van der Waals surface area (Å²) in [5.41, 5.74) is 0. The fraction of sp³-hybridized carbons (Fsp3) is 1.00. The molecule has 2 unspecified atom stereocenters. The summed E-state index contributed by atoms with van der Waals surface area (Å²) < 4.78 is 5.85. The van der Waals surface area contributed by atoms with Gasteiger partial charge in [0.1, 0.15) is 0 Å². The van der Waals surface area contributed by atoms with Crippen molar-refractivity contribution in [2.75, 3.05) is 20.1 Å². The minimum atomic E-state index is 0. The number of likely N-dealkylation sites (N-methyl/N-ethyl adjacent to an activating group) is 1. The Hall–Kier alpha value is 0.460. The minimum absolute atomic E-state index is 0. The Labute approximate surface area is 91.0 Å². The first-order valence-electron chi connectivity index (χ1n) is 4.47. The monoisotopic (exact) mass is 226 g/mol.